The van der Waals surface area contributed by atoms with Gasteiger partial charge in [0, 0.05) is 12.8 Å². The molecule has 0 N–H and O–H groups in total. The van der Waals surface area contributed by atoms with Crippen LogP contribution in [0.15, 0.2) is 70.6 Å². The van der Waals surface area contributed by atoms with E-state index >= 15 is 0 Å². The van der Waals surface area contributed by atoms with Crippen LogP contribution in [0.25, 0.3) is 0 Å². The van der Waals surface area contributed by atoms with E-state index in [1.54, 1.807) is 0 Å². The monoisotopic (exact) mass is 332 g/mol. The first-order valence-corrected chi connectivity index (χ1v) is 9.02. The molecule has 128 valence electrons. The molecule has 2 aromatic carbocycles. The lowest BCUT2D eigenvalue weighted by Crippen LogP contribution is -2.31. The molecular formula is C22H24N2O. The van der Waals surface area contributed by atoms with Crippen molar-refractivity contribution >= 4 is 17.8 Å². The van der Waals surface area contributed by atoms with Crippen LogP contribution in [-0.2, 0) is 10.3 Å². The Hall–Kier alpha value is -2.55. The van der Waals surface area contributed by atoms with E-state index in [1.807, 2.05) is 24.3 Å². The van der Waals surface area contributed by atoms with Gasteiger partial charge in [-0.05, 0) is 30.4 Å². The van der Waals surface area contributed by atoms with Gasteiger partial charge in [0.15, 0.2) is 0 Å². The highest BCUT2D eigenvalue weighted by Crippen LogP contribution is 2.38. The predicted octanol–water partition coefficient (Wildman–Crippen LogP) is 4.95. The molecule has 3 nitrogen and oxygen atoms in total. The van der Waals surface area contributed by atoms with Crippen molar-refractivity contribution in [3.63, 3.8) is 0 Å². The van der Waals surface area contributed by atoms with Crippen molar-refractivity contribution in [2.75, 3.05) is 0 Å². The van der Waals surface area contributed by atoms with E-state index in [4.69, 9.17) is 9.98 Å². The number of carbonyl (C=O) groups is 1. The number of amidine groups is 1. The number of aldehydes is 1. The first-order valence-electron chi connectivity index (χ1n) is 9.02. The molecule has 0 saturated heterocycles. The first kappa shape index (κ1) is 17.3. The SMILES string of the molecule is CCC1(c2ccccc2)N=C(CCCCC=O)N=C1c1ccccc1. The van der Waals surface area contributed by atoms with Crippen LogP contribution in [0.4, 0.5) is 0 Å². The number of hydrogen-bond acceptors (Lipinski definition) is 3. The van der Waals surface area contributed by atoms with Gasteiger partial charge in [-0.25, -0.2) is 4.99 Å². The summed E-state index contributed by atoms with van der Waals surface area (Å²) < 4.78 is 0. The Morgan fingerprint density at radius 2 is 1.64 bits per heavy atom. The number of aliphatic imine (C=N–C) groups is 2. The molecule has 0 saturated carbocycles. The van der Waals surface area contributed by atoms with Crippen LogP contribution in [0.2, 0.25) is 0 Å². The Labute approximate surface area is 149 Å². The number of unbranched alkanes of at least 4 members (excludes halogenated alkanes) is 2. The maximum absolute atomic E-state index is 10.5. The highest BCUT2D eigenvalue weighted by molar-refractivity contribution is 6.17. The van der Waals surface area contributed by atoms with Gasteiger partial charge in [0.1, 0.15) is 17.7 Å². The molecule has 0 spiro atoms. The van der Waals surface area contributed by atoms with Crippen molar-refractivity contribution in [3.05, 3.63) is 71.8 Å². The molecule has 1 aliphatic rings. The second-order valence-corrected chi connectivity index (χ2v) is 6.35. The molecule has 1 heterocycles. The summed E-state index contributed by atoms with van der Waals surface area (Å²) in [5.74, 6) is 0.899. The van der Waals surface area contributed by atoms with Gasteiger partial charge < -0.3 is 4.79 Å². The Kier molecular flexibility index (Phi) is 5.54. The summed E-state index contributed by atoms with van der Waals surface area (Å²) in [6, 6.07) is 20.8. The molecule has 0 aliphatic carbocycles. The minimum atomic E-state index is -0.414. The first-order chi connectivity index (χ1) is 12.3. The zero-order valence-electron chi connectivity index (χ0n) is 14.7. The van der Waals surface area contributed by atoms with Crippen LogP contribution in [0.3, 0.4) is 0 Å². The van der Waals surface area contributed by atoms with Gasteiger partial charge in [-0.3, -0.25) is 4.99 Å². The summed E-state index contributed by atoms with van der Waals surface area (Å²) in [5, 5.41) is 0. The molecule has 0 fully saturated rings. The van der Waals surface area contributed by atoms with Crippen LogP contribution in [-0.4, -0.2) is 17.8 Å². The zero-order chi connectivity index (χ0) is 17.5. The lowest BCUT2D eigenvalue weighted by atomic mass is 9.81. The average molecular weight is 332 g/mol. The molecule has 1 unspecified atom stereocenters. The second-order valence-electron chi connectivity index (χ2n) is 6.35. The summed E-state index contributed by atoms with van der Waals surface area (Å²) in [6.07, 6.45) is 5.11. The number of hydrogen-bond donors (Lipinski definition) is 0. The standard InChI is InChI=1S/C22H24N2O/c1-2-22(19-14-8-4-9-15-19)21(18-12-6-3-7-13-18)23-20(24-22)16-10-5-11-17-25/h3-4,6-9,12-15,17H,2,5,10-11,16H2,1H3. The smallest absolute Gasteiger partial charge is 0.130 e. The maximum atomic E-state index is 10.5. The molecule has 1 aliphatic heterocycles. The molecule has 0 radical (unpaired) electrons. The Morgan fingerprint density at radius 3 is 2.28 bits per heavy atom. The van der Waals surface area contributed by atoms with Crippen molar-refractivity contribution in [1.82, 2.24) is 0 Å². The quantitative estimate of drug-likeness (QED) is 0.498. The highest BCUT2D eigenvalue weighted by atomic mass is 16.1. The second kappa shape index (κ2) is 8.02. The topological polar surface area (TPSA) is 41.8 Å². The predicted molar refractivity (Wildman–Crippen MR) is 103 cm³/mol. The minimum Gasteiger partial charge on any atom is -0.303 e. The van der Waals surface area contributed by atoms with Gasteiger partial charge in [-0.15, -0.1) is 0 Å². The van der Waals surface area contributed by atoms with E-state index in [2.05, 4.69) is 43.3 Å². The maximum Gasteiger partial charge on any atom is 0.130 e. The van der Waals surface area contributed by atoms with Gasteiger partial charge in [0.25, 0.3) is 0 Å². The third-order valence-electron chi connectivity index (χ3n) is 4.74. The van der Waals surface area contributed by atoms with Crippen molar-refractivity contribution in [3.8, 4) is 0 Å². The van der Waals surface area contributed by atoms with E-state index in [9.17, 15) is 4.79 Å². The Morgan fingerprint density at radius 1 is 0.960 bits per heavy atom. The molecular weight excluding hydrogens is 308 g/mol. The molecule has 3 heteroatoms. The van der Waals surface area contributed by atoms with Gasteiger partial charge in [-0.2, -0.15) is 0 Å². The number of rotatable bonds is 8. The lowest BCUT2D eigenvalue weighted by Gasteiger charge is -2.27. The largest absolute Gasteiger partial charge is 0.303 e. The summed E-state index contributed by atoms with van der Waals surface area (Å²) in [5.41, 5.74) is 2.93. The highest BCUT2D eigenvalue weighted by Gasteiger charge is 2.40. The average Bonchev–Trinajstić information content (AvgIpc) is 3.07. The fourth-order valence-electron chi connectivity index (χ4n) is 3.41. The van der Waals surface area contributed by atoms with Crippen LogP contribution in [0, 0.1) is 0 Å². The van der Waals surface area contributed by atoms with E-state index in [0.717, 1.165) is 49.1 Å². The van der Waals surface area contributed by atoms with Crippen molar-refractivity contribution < 1.29 is 4.79 Å². The fraction of sp³-hybridized carbons (Fsp3) is 0.318. The Balaban J connectivity index is 1.98. The van der Waals surface area contributed by atoms with E-state index in [1.165, 1.54) is 5.56 Å². The summed E-state index contributed by atoms with van der Waals surface area (Å²) in [4.78, 5) is 20.5. The van der Waals surface area contributed by atoms with Gasteiger partial charge in [-0.1, -0.05) is 67.6 Å². The van der Waals surface area contributed by atoms with Crippen LogP contribution < -0.4 is 0 Å². The number of carbonyl (C=O) groups excluding carboxylic acids is 1. The third kappa shape index (κ3) is 3.60. The van der Waals surface area contributed by atoms with Crippen molar-refractivity contribution in [2.45, 2.75) is 44.6 Å². The summed E-state index contributed by atoms with van der Waals surface area (Å²) >= 11 is 0. The molecule has 0 amide bonds. The van der Waals surface area contributed by atoms with Gasteiger partial charge in [0.2, 0.25) is 0 Å². The van der Waals surface area contributed by atoms with Gasteiger partial charge in [0.05, 0.1) is 5.71 Å². The summed E-state index contributed by atoms with van der Waals surface area (Å²) in [6.45, 7) is 2.17. The van der Waals surface area contributed by atoms with Crippen LogP contribution in [0.1, 0.15) is 50.2 Å². The summed E-state index contributed by atoms with van der Waals surface area (Å²) in [7, 11) is 0. The fourth-order valence-corrected chi connectivity index (χ4v) is 3.41. The molecule has 25 heavy (non-hydrogen) atoms. The van der Waals surface area contributed by atoms with E-state index in [-0.39, 0.29) is 0 Å². The normalized spacial score (nSPS) is 19.4. The number of benzene rings is 2. The van der Waals surface area contributed by atoms with Crippen LogP contribution >= 0.6 is 0 Å². The van der Waals surface area contributed by atoms with E-state index in [0.29, 0.717) is 6.42 Å². The Bertz CT molecular complexity index is 765. The van der Waals surface area contributed by atoms with Gasteiger partial charge >= 0.3 is 0 Å². The molecule has 0 aromatic heterocycles. The van der Waals surface area contributed by atoms with Crippen molar-refractivity contribution in [2.24, 2.45) is 9.98 Å². The third-order valence-corrected chi connectivity index (χ3v) is 4.74. The van der Waals surface area contributed by atoms with E-state index < -0.39 is 5.54 Å². The minimum absolute atomic E-state index is 0.414. The van der Waals surface area contributed by atoms with Crippen LogP contribution in [0.5, 0.6) is 0 Å². The van der Waals surface area contributed by atoms with Crippen molar-refractivity contribution in [1.29, 1.82) is 0 Å². The molecule has 1 atom stereocenters. The zero-order valence-corrected chi connectivity index (χ0v) is 14.7. The molecule has 3 rings (SSSR count). The number of nitrogens with zero attached hydrogens (tertiary/aromatic N) is 2. The lowest BCUT2D eigenvalue weighted by molar-refractivity contribution is -0.107. The molecule has 0 bridgehead atoms. The molecule has 2 aromatic rings.